The van der Waals surface area contributed by atoms with Crippen LogP contribution >= 0.6 is 0 Å². The number of aromatic nitrogens is 3. The Balaban J connectivity index is 1.66. The highest BCUT2D eigenvalue weighted by Gasteiger charge is 2.32. The van der Waals surface area contributed by atoms with Gasteiger partial charge in [-0.1, -0.05) is 0 Å². The van der Waals surface area contributed by atoms with E-state index in [1.165, 1.54) is 6.33 Å². The predicted molar refractivity (Wildman–Crippen MR) is 72.7 cm³/mol. The highest BCUT2D eigenvalue weighted by molar-refractivity contribution is 5.81. The van der Waals surface area contributed by atoms with Crippen LogP contribution in [0.2, 0.25) is 0 Å². The molecule has 0 radical (unpaired) electrons. The average Bonchev–Trinajstić information content (AvgIpc) is 3.12. The maximum atomic E-state index is 11.8. The summed E-state index contributed by atoms with van der Waals surface area (Å²) in [6.07, 6.45) is 4.33. The van der Waals surface area contributed by atoms with Gasteiger partial charge in [0.15, 0.2) is 0 Å². The van der Waals surface area contributed by atoms with E-state index in [0.717, 1.165) is 12.8 Å². The average molecular weight is 279 g/mol. The van der Waals surface area contributed by atoms with Gasteiger partial charge in [0.1, 0.15) is 12.2 Å². The molecule has 1 aromatic rings. The molecule has 20 heavy (non-hydrogen) atoms. The lowest BCUT2D eigenvalue weighted by Crippen LogP contribution is -2.43. The fraction of sp³-hybridized carbons (Fsp3) is 0.692. The fourth-order valence-electron chi connectivity index (χ4n) is 2.12. The lowest BCUT2D eigenvalue weighted by Gasteiger charge is -2.22. The second-order valence-electron chi connectivity index (χ2n) is 5.39. The van der Waals surface area contributed by atoms with Gasteiger partial charge in [0.2, 0.25) is 11.8 Å². The zero-order valence-electron chi connectivity index (χ0n) is 11.9. The van der Waals surface area contributed by atoms with Gasteiger partial charge in [0, 0.05) is 38.4 Å². The lowest BCUT2D eigenvalue weighted by atomic mass is 10.2. The van der Waals surface area contributed by atoms with E-state index in [1.54, 1.807) is 11.9 Å². The minimum Gasteiger partial charge on any atom is -0.352 e. The van der Waals surface area contributed by atoms with Crippen molar-refractivity contribution in [2.24, 2.45) is 5.92 Å². The van der Waals surface area contributed by atoms with Crippen LogP contribution in [0.3, 0.4) is 0 Å². The number of nitrogens with zero attached hydrogens (tertiary/aromatic N) is 3. The van der Waals surface area contributed by atoms with Crippen LogP contribution < -0.4 is 5.32 Å². The minimum atomic E-state index is -0.0510. The number of hydrogen-bond acceptors (Lipinski definition) is 4. The minimum absolute atomic E-state index is 0.0406. The summed E-state index contributed by atoms with van der Waals surface area (Å²) in [6.45, 7) is 2.45. The number of aryl methyl sites for hydroxylation is 1. The van der Waals surface area contributed by atoms with Crippen molar-refractivity contribution in [2.45, 2.75) is 38.6 Å². The molecule has 1 fully saturated rings. The molecule has 1 heterocycles. The topological polar surface area (TPSA) is 91.0 Å². The first-order valence-corrected chi connectivity index (χ1v) is 6.95. The zero-order valence-corrected chi connectivity index (χ0v) is 11.9. The zero-order chi connectivity index (χ0) is 14.5. The first kappa shape index (κ1) is 14.5. The van der Waals surface area contributed by atoms with Gasteiger partial charge in [-0.15, -0.1) is 0 Å². The van der Waals surface area contributed by atoms with Gasteiger partial charge in [-0.2, -0.15) is 5.10 Å². The number of H-pyrrole nitrogens is 1. The largest absolute Gasteiger partial charge is 0.352 e. The first-order valence-electron chi connectivity index (χ1n) is 6.95. The molecule has 1 aliphatic carbocycles. The number of nitrogens with one attached hydrogen (secondary N) is 2. The van der Waals surface area contributed by atoms with Crippen molar-refractivity contribution in [2.75, 3.05) is 13.6 Å². The van der Waals surface area contributed by atoms with E-state index in [9.17, 15) is 9.59 Å². The molecule has 2 rings (SSSR count). The van der Waals surface area contributed by atoms with Crippen LogP contribution in [0, 0.1) is 5.92 Å². The molecule has 110 valence electrons. The summed E-state index contributed by atoms with van der Waals surface area (Å²) in [5.41, 5.74) is 0. The van der Waals surface area contributed by atoms with Crippen LogP contribution in [0.25, 0.3) is 0 Å². The SMILES string of the molecule is CC(CN(C)C(=O)C1CC1)NC(=O)CCc1ncn[nH]1. The van der Waals surface area contributed by atoms with Crippen LogP contribution in [0.4, 0.5) is 0 Å². The molecular formula is C13H21N5O2. The molecular weight excluding hydrogens is 258 g/mol. The third-order valence-corrected chi connectivity index (χ3v) is 3.31. The summed E-state index contributed by atoms with van der Waals surface area (Å²) in [5.74, 6) is 1.07. The van der Waals surface area contributed by atoms with E-state index < -0.39 is 0 Å². The fourth-order valence-corrected chi connectivity index (χ4v) is 2.12. The smallest absolute Gasteiger partial charge is 0.225 e. The molecule has 1 aromatic heterocycles. The van der Waals surface area contributed by atoms with Crippen molar-refractivity contribution in [3.63, 3.8) is 0 Å². The van der Waals surface area contributed by atoms with Crippen LogP contribution in [-0.2, 0) is 16.0 Å². The van der Waals surface area contributed by atoms with Gasteiger partial charge in [-0.3, -0.25) is 14.7 Å². The van der Waals surface area contributed by atoms with E-state index in [-0.39, 0.29) is 23.8 Å². The molecule has 0 saturated heterocycles. The molecule has 7 heteroatoms. The third-order valence-electron chi connectivity index (χ3n) is 3.31. The predicted octanol–water partition coefficient (Wildman–Crippen LogP) is 0.110. The summed E-state index contributed by atoms with van der Waals surface area (Å²) >= 11 is 0. The Morgan fingerprint density at radius 1 is 1.55 bits per heavy atom. The molecule has 0 aliphatic heterocycles. The Morgan fingerprint density at radius 3 is 2.90 bits per heavy atom. The molecule has 1 aliphatic rings. The second kappa shape index (κ2) is 6.49. The van der Waals surface area contributed by atoms with E-state index in [0.29, 0.717) is 25.2 Å². The first-order chi connectivity index (χ1) is 9.56. The number of carbonyl (C=O) groups excluding carboxylic acids is 2. The van der Waals surface area contributed by atoms with E-state index in [2.05, 4.69) is 20.5 Å². The number of hydrogen-bond donors (Lipinski definition) is 2. The van der Waals surface area contributed by atoms with Crippen molar-refractivity contribution >= 4 is 11.8 Å². The standard InChI is InChI=1S/C13H21N5O2/c1-9(7-18(2)13(20)10-3-4-10)16-12(19)6-5-11-14-8-15-17-11/h8-10H,3-7H2,1-2H3,(H,16,19)(H,14,15,17). The summed E-state index contributed by atoms with van der Waals surface area (Å²) in [4.78, 5) is 29.2. The summed E-state index contributed by atoms with van der Waals surface area (Å²) in [6, 6.07) is -0.0510. The monoisotopic (exact) mass is 279 g/mol. The van der Waals surface area contributed by atoms with E-state index in [4.69, 9.17) is 0 Å². The van der Waals surface area contributed by atoms with Crippen molar-refractivity contribution in [3.05, 3.63) is 12.2 Å². The maximum absolute atomic E-state index is 11.8. The van der Waals surface area contributed by atoms with Crippen LogP contribution in [0.15, 0.2) is 6.33 Å². The number of amides is 2. The Kier molecular flexibility index (Phi) is 4.70. The Morgan fingerprint density at radius 2 is 2.30 bits per heavy atom. The van der Waals surface area contributed by atoms with Crippen molar-refractivity contribution in [3.8, 4) is 0 Å². The maximum Gasteiger partial charge on any atom is 0.225 e. The molecule has 1 atom stereocenters. The molecule has 2 amide bonds. The number of rotatable bonds is 7. The second-order valence-corrected chi connectivity index (χ2v) is 5.39. The normalized spacial score (nSPS) is 15.7. The van der Waals surface area contributed by atoms with Crippen molar-refractivity contribution in [1.29, 1.82) is 0 Å². The van der Waals surface area contributed by atoms with Gasteiger partial charge in [0.05, 0.1) is 0 Å². The van der Waals surface area contributed by atoms with Crippen LogP contribution in [0.5, 0.6) is 0 Å². The number of likely N-dealkylation sites (N-methyl/N-ethyl adjacent to an activating group) is 1. The molecule has 0 aromatic carbocycles. The highest BCUT2D eigenvalue weighted by Crippen LogP contribution is 2.30. The summed E-state index contributed by atoms with van der Waals surface area (Å²) in [7, 11) is 1.79. The van der Waals surface area contributed by atoms with Crippen LogP contribution in [-0.4, -0.2) is 51.5 Å². The summed E-state index contributed by atoms with van der Waals surface area (Å²) in [5, 5.41) is 9.34. The molecule has 7 nitrogen and oxygen atoms in total. The number of aromatic amines is 1. The molecule has 1 saturated carbocycles. The van der Waals surface area contributed by atoms with Gasteiger partial charge in [0.25, 0.3) is 0 Å². The van der Waals surface area contributed by atoms with Gasteiger partial charge >= 0.3 is 0 Å². The van der Waals surface area contributed by atoms with Gasteiger partial charge in [-0.25, -0.2) is 4.98 Å². The molecule has 0 bridgehead atoms. The van der Waals surface area contributed by atoms with Crippen molar-refractivity contribution < 1.29 is 9.59 Å². The quantitative estimate of drug-likeness (QED) is 0.741. The summed E-state index contributed by atoms with van der Waals surface area (Å²) < 4.78 is 0. The van der Waals surface area contributed by atoms with Gasteiger partial charge in [-0.05, 0) is 19.8 Å². The van der Waals surface area contributed by atoms with E-state index >= 15 is 0 Å². The van der Waals surface area contributed by atoms with Crippen LogP contribution in [0.1, 0.15) is 32.0 Å². The van der Waals surface area contributed by atoms with E-state index in [1.807, 2.05) is 6.92 Å². The lowest BCUT2D eigenvalue weighted by molar-refractivity contribution is -0.132. The Bertz CT molecular complexity index is 455. The van der Waals surface area contributed by atoms with Gasteiger partial charge < -0.3 is 10.2 Å². The molecule has 1 unspecified atom stereocenters. The third kappa shape index (κ3) is 4.32. The molecule has 0 spiro atoms. The Hall–Kier alpha value is -1.92. The molecule has 2 N–H and O–H groups in total. The Labute approximate surface area is 118 Å². The van der Waals surface area contributed by atoms with Crippen molar-refractivity contribution in [1.82, 2.24) is 25.4 Å². The number of carbonyl (C=O) groups is 2. The highest BCUT2D eigenvalue weighted by atomic mass is 16.2.